The highest BCUT2D eigenvalue weighted by Gasteiger charge is 2.59. The van der Waals surface area contributed by atoms with Gasteiger partial charge in [0.15, 0.2) is 6.29 Å². The molecule has 0 aromatic rings. The monoisotopic (exact) mass is 333 g/mol. The minimum Gasteiger partial charge on any atom is -0.353 e. The van der Waals surface area contributed by atoms with Crippen molar-refractivity contribution in [3.63, 3.8) is 0 Å². The van der Waals surface area contributed by atoms with Crippen LogP contribution >= 0.6 is 0 Å². The van der Waals surface area contributed by atoms with E-state index in [9.17, 15) is 5.26 Å². The van der Waals surface area contributed by atoms with Crippen molar-refractivity contribution in [1.82, 2.24) is 0 Å². The van der Waals surface area contributed by atoms with E-state index in [1.54, 1.807) is 0 Å². The highest BCUT2D eigenvalue weighted by molar-refractivity contribution is 5.09. The lowest BCUT2D eigenvalue weighted by Crippen LogP contribution is -2.59. The van der Waals surface area contributed by atoms with E-state index in [2.05, 4.69) is 33.8 Å². The molecular weight excluding hydrogens is 298 g/mol. The van der Waals surface area contributed by atoms with Crippen LogP contribution in [0.25, 0.3) is 0 Å². The summed E-state index contributed by atoms with van der Waals surface area (Å²) < 4.78 is 12.5. The summed E-state index contributed by atoms with van der Waals surface area (Å²) in [5.41, 5.74) is 0.360. The molecule has 3 nitrogen and oxygen atoms in total. The summed E-state index contributed by atoms with van der Waals surface area (Å²) in [7, 11) is 0. The summed E-state index contributed by atoms with van der Waals surface area (Å²) in [4.78, 5) is 0. The Labute approximate surface area is 148 Å². The quantitative estimate of drug-likeness (QED) is 0.645. The van der Waals surface area contributed by atoms with E-state index in [0.717, 1.165) is 25.9 Å². The molecule has 3 aliphatic rings. The Morgan fingerprint density at radius 2 is 1.83 bits per heavy atom. The Balaban J connectivity index is 1.86. The Kier molecular flexibility index (Phi) is 5.02. The Morgan fingerprint density at radius 1 is 1.04 bits per heavy atom. The van der Waals surface area contributed by atoms with Crippen molar-refractivity contribution in [2.75, 3.05) is 6.61 Å². The van der Waals surface area contributed by atoms with E-state index in [1.807, 2.05) is 0 Å². The van der Waals surface area contributed by atoms with Gasteiger partial charge in [-0.05, 0) is 68.6 Å². The number of hydrogen-bond donors (Lipinski definition) is 0. The normalized spacial score (nSPS) is 45.2. The first-order chi connectivity index (χ1) is 11.3. The average Bonchev–Trinajstić information content (AvgIpc) is 2.51. The van der Waals surface area contributed by atoms with Crippen LogP contribution < -0.4 is 0 Å². The molecule has 0 N–H and O–H groups in total. The van der Waals surface area contributed by atoms with Gasteiger partial charge in [0.2, 0.25) is 0 Å². The maximum absolute atomic E-state index is 9.55. The molecule has 1 saturated heterocycles. The molecule has 1 heterocycles. The zero-order valence-corrected chi connectivity index (χ0v) is 16.1. The Morgan fingerprint density at radius 3 is 2.50 bits per heavy atom. The molecule has 0 amide bonds. The maximum Gasteiger partial charge on any atom is 0.158 e. The van der Waals surface area contributed by atoms with Crippen LogP contribution in [0.2, 0.25) is 0 Å². The van der Waals surface area contributed by atoms with Crippen LogP contribution in [0.3, 0.4) is 0 Å². The molecule has 0 aromatic heterocycles. The molecular formula is C21H35NO2. The van der Waals surface area contributed by atoms with Crippen molar-refractivity contribution < 1.29 is 9.47 Å². The molecule has 0 spiro atoms. The minimum absolute atomic E-state index is 0.0679. The summed E-state index contributed by atoms with van der Waals surface area (Å²) in [6.45, 7) is 10.4. The largest absolute Gasteiger partial charge is 0.353 e. The molecule has 136 valence electrons. The van der Waals surface area contributed by atoms with Gasteiger partial charge < -0.3 is 9.47 Å². The number of nitrogens with zero attached hydrogens (tertiary/aromatic N) is 1. The predicted octanol–water partition coefficient (Wildman–Crippen LogP) is 5.44. The number of hydrogen-bond acceptors (Lipinski definition) is 3. The first-order valence-corrected chi connectivity index (χ1v) is 9.98. The van der Waals surface area contributed by atoms with Crippen molar-refractivity contribution in [1.29, 1.82) is 5.26 Å². The second-order valence-electron chi connectivity index (χ2n) is 9.58. The minimum atomic E-state index is -0.226. The summed E-state index contributed by atoms with van der Waals surface area (Å²) in [6.07, 6.45) is 9.97. The van der Waals surface area contributed by atoms with Crippen molar-refractivity contribution in [3.8, 4) is 6.07 Å². The lowest BCUT2D eigenvalue weighted by molar-refractivity contribution is -0.271. The lowest BCUT2D eigenvalue weighted by atomic mass is 9.45. The van der Waals surface area contributed by atoms with Crippen molar-refractivity contribution >= 4 is 0 Å². The summed E-state index contributed by atoms with van der Waals surface area (Å²) in [5, 5.41) is 9.55. The fourth-order valence-electron chi connectivity index (χ4n) is 6.39. The molecule has 1 aliphatic heterocycles. The third-order valence-corrected chi connectivity index (χ3v) is 7.57. The number of nitriles is 1. The third-order valence-electron chi connectivity index (χ3n) is 7.57. The summed E-state index contributed by atoms with van der Waals surface area (Å²) in [5.74, 6) is 1.000. The molecule has 2 aliphatic carbocycles. The van der Waals surface area contributed by atoms with Crippen LogP contribution in [0.15, 0.2) is 0 Å². The molecule has 5 atom stereocenters. The van der Waals surface area contributed by atoms with E-state index in [4.69, 9.17) is 9.47 Å². The highest BCUT2D eigenvalue weighted by atomic mass is 16.7. The van der Waals surface area contributed by atoms with Crippen LogP contribution in [0.1, 0.15) is 85.5 Å². The number of rotatable bonds is 3. The van der Waals surface area contributed by atoms with Crippen LogP contribution in [0, 0.1) is 34.0 Å². The lowest BCUT2D eigenvalue weighted by Gasteiger charge is -2.62. The van der Waals surface area contributed by atoms with Gasteiger partial charge >= 0.3 is 0 Å². The molecule has 3 heteroatoms. The van der Waals surface area contributed by atoms with Gasteiger partial charge in [0, 0.05) is 18.9 Å². The van der Waals surface area contributed by atoms with Gasteiger partial charge in [-0.1, -0.05) is 27.2 Å². The zero-order valence-electron chi connectivity index (χ0n) is 16.1. The SMILES string of the molecule is CC1(C)CCC[C@@]2(C)C1CC[C@@](C)(OC1CCCCO1)[C@@H]2CC#N. The fraction of sp³-hybridized carbons (Fsp3) is 0.952. The topological polar surface area (TPSA) is 42.2 Å². The fourth-order valence-corrected chi connectivity index (χ4v) is 6.39. The van der Waals surface area contributed by atoms with Crippen LogP contribution in [-0.2, 0) is 9.47 Å². The van der Waals surface area contributed by atoms with Gasteiger partial charge in [-0.25, -0.2) is 0 Å². The standard InChI is InChI=1S/C21H35NO2/c1-19(2)11-7-12-20(3)16(19)9-13-21(4,17(20)10-14-22)24-18-8-5-6-15-23-18/h16-18H,5-13,15H2,1-4H3/t16?,17-,18?,20+,21-/m1/s1. The van der Waals surface area contributed by atoms with E-state index in [1.165, 1.54) is 32.1 Å². The molecule has 2 saturated carbocycles. The molecule has 3 rings (SSSR count). The van der Waals surface area contributed by atoms with Gasteiger partial charge in [0.25, 0.3) is 0 Å². The second kappa shape index (κ2) is 6.61. The van der Waals surface area contributed by atoms with Crippen LogP contribution in [0.4, 0.5) is 0 Å². The van der Waals surface area contributed by atoms with E-state index < -0.39 is 0 Å². The average molecular weight is 334 g/mol. The molecule has 3 fully saturated rings. The summed E-state index contributed by atoms with van der Waals surface area (Å²) >= 11 is 0. The van der Waals surface area contributed by atoms with E-state index in [0.29, 0.717) is 23.7 Å². The molecule has 0 aromatic carbocycles. The van der Waals surface area contributed by atoms with Crippen LogP contribution in [0.5, 0.6) is 0 Å². The molecule has 0 radical (unpaired) electrons. The van der Waals surface area contributed by atoms with Crippen molar-refractivity contribution in [2.45, 2.75) is 97.4 Å². The molecule has 0 bridgehead atoms. The maximum atomic E-state index is 9.55. The van der Waals surface area contributed by atoms with E-state index in [-0.39, 0.29) is 17.3 Å². The van der Waals surface area contributed by atoms with Gasteiger partial charge in [-0.15, -0.1) is 0 Å². The first kappa shape index (κ1) is 18.2. The second-order valence-corrected chi connectivity index (χ2v) is 9.58. The third kappa shape index (κ3) is 3.13. The van der Waals surface area contributed by atoms with Crippen molar-refractivity contribution in [3.05, 3.63) is 0 Å². The predicted molar refractivity (Wildman–Crippen MR) is 95.3 cm³/mol. The Hall–Kier alpha value is -0.590. The summed E-state index contributed by atoms with van der Waals surface area (Å²) in [6, 6.07) is 2.49. The number of fused-ring (bicyclic) bond motifs is 1. The van der Waals surface area contributed by atoms with Gasteiger partial charge in [-0.3, -0.25) is 0 Å². The first-order valence-electron chi connectivity index (χ1n) is 9.98. The van der Waals surface area contributed by atoms with E-state index >= 15 is 0 Å². The number of ether oxygens (including phenoxy) is 2. The molecule has 24 heavy (non-hydrogen) atoms. The smallest absolute Gasteiger partial charge is 0.158 e. The molecule has 2 unspecified atom stereocenters. The van der Waals surface area contributed by atoms with Crippen LogP contribution in [-0.4, -0.2) is 18.5 Å². The van der Waals surface area contributed by atoms with Gasteiger partial charge in [0.05, 0.1) is 11.7 Å². The highest BCUT2D eigenvalue weighted by Crippen LogP contribution is 2.63. The Bertz CT molecular complexity index is 491. The van der Waals surface area contributed by atoms with Gasteiger partial charge in [0.1, 0.15) is 0 Å². The zero-order chi connectivity index (χ0) is 17.4. The van der Waals surface area contributed by atoms with Crippen molar-refractivity contribution in [2.24, 2.45) is 22.7 Å². The van der Waals surface area contributed by atoms with Gasteiger partial charge in [-0.2, -0.15) is 5.26 Å².